The monoisotopic (exact) mass is 396 g/mol. The molecule has 6 heteroatoms. The van der Waals surface area contributed by atoms with Gasteiger partial charge in [0.25, 0.3) is 5.91 Å². The lowest BCUT2D eigenvalue weighted by Gasteiger charge is -2.32. The number of aryl methyl sites for hydroxylation is 1. The topological polar surface area (TPSA) is 67.9 Å². The number of methoxy groups -OCH3 is 2. The summed E-state index contributed by atoms with van der Waals surface area (Å²) < 4.78 is 10.5. The van der Waals surface area contributed by atoms with E-state index in [1.807, 2.05) is 43.3 Å². The molecule has 1 fully saturated rings. The molecule has 6 nitrogen and oxygen atoms in total. The molecule has 1 aliphatic heterocycles. The van der Waals surface area contributed by atoms with E-state index in [2.05, 4.69) is 5.32 Å². The lowest BCUT2D eigenvalue weighted by atomic mass is 9.96. The van der Waals surface area contributed by atoms with Gasteiger partial charge in [-0.25, -0.2) is 0 Å². The van der Waals surface area contributed by atoms with E-state index in [4.69, 9.17) is 9.47 Å². The molecule has 0 aliphatic carbocycles. The summed E-state index contributed by atoms with van der Waals surface area (Å²) in [4.78, 5) is 27.3. The van der Waals surface area contributed by atoms with Crippen molar-refractivity contribution in [3.8, 4) is 11.5 Å². The first-order valence-corrected chi connectivity index (χ1v) is 9.85. The summed E-state index contributed by atoms with van der Waals surface area (Å²) in [5.74, 6) is 1.11. The fraction of sp³-hybridized carbons (Fsp3) is 0.391. The smallest absolute Gasteiger partial charge is 0.253 e. The number of nitrogens with one attached hydrogen (secondary N) is 1. The van der Waals surface area contributed by atoms with Crippen molar-refractivity contribution in [3.05, 3.63) is 59.2 Å². The molecule has 0 aromatic heterocycles. The van der Waals surface area contributed by atoms with Gasteiger partial charge < -0.3 is 19.7 Å². The number of carbonyl (C=O) groups excluding carboxylic acids is 2. The molecule has 0 radical (unpaired) electrons. The Balaban J connectivity index is 1.59. The molecule has 2 aromatic rings. The molecule has 0 saturated carbocycles. The number of amides is 2. The molecular formula is C23H28N2O4. The van der Waals surface area contributed by atoms with Crippen LogP contribution in [0.5, 0.6) is 11.5 Å². The van der Waals surface area contributed by atoms with E-state index in [0.717, 1.165) is 24.0 Å². The molecule has 1 unspecified atom stereocenters. The van der Waals surface area contributed by atoms with Crippen molar-refractivity contribution in [1.29, 1.82) is 0 Å². The zero-order valence-electron chi connectivity index (χ0n) is 17.2. The predicted octanol–water partition coefficient (Wildman–Crippen LogP) is 3.18. The Morgan fingerprint density at radius 1 is 1.07 bits per heavy atom. The minimum atomic E-state index is -0.203. The van der Waals surface area contributed by atoms with Crippen LogP contribution in [0.25, 0.3) is 0 Å². The second kappa shape index (κ2) is 9.45. The lowest BCUT2D eigenvalue weighted by Crippen LogP contribution is -2.45. The molecule has 29 heavy (non-hydrogen) atoms. The van der Waals surface area contributed by atoms with Gasteiger partial charge in [0.2, 0.25) is 5.91 Å². The van der Waals surface area contributed by atoms with Gasteiger partial charge in [-0.1, -0.05) is 17.7 Å². The maximum absolute atomic E-state index is 12.8. The number of ether oxygens (including phenoxy) is 2. The molecule has 1 saturated heterocycles. The molecule has 154 valence electrons. The third-order valence-electron chi connectivity index (χ3n) is 5.26. The van der Waals surface area contributed by atoms with Crippen LogP contribution in [0.1, 0.15) is 34.3 Å². The molecule has 1 aliphatic rings. The second-order valence-corrected chi connectivity index (χ2v) is 7.40. The highest BCUT2D eigenvalue weighted by Gasteiger charge is 2.28. The van der Waals surface area contributed by atoms with Crippen LogP contribution in [0, 0.1) is 12.8 Å². The number of hydrogen-bond acceptors (Lipinski definition) is 4. The molecule has 2 amide bonds. The number of nitrogens with zero attached hydrogens (tertiary/aromatic N) is 1. The molecule has 1 heterocycles. The van der Waals surface area contributed by atoms with E-state index in [9.17, 15) is 9.59 Å². The largest absolute Gasteiger partial charge is 0.497 e. The Morgan fingerprint density at radius 3 is 2.34 bits per heavy atom. The van der Waals surface area contributed by atoms with E-state index in [1.54, 1.807) is 25.2 Å². The van der Waals surface area contributed by atoms with Gasteiger partial charge in [0.1, 0.15) is 11.5 Å². The Labute approximate surface area is 171 Å². The Morgan fingerprint density at radius 2 is 1.72 bits per heavy atom. The standard InChI is InChI=1S/C23H28N2O4/c1-16-6-8-18(9-7-16)23(27)25-10-4-5-19(15-25)22(26)24-14-17-11-20(28-2)13-21(12-17)29-3/h6-9,11-13,19H,4-5,10,14-15H2,1-3H3,(H,24,26). The Bertz CT molecular complexity index is 841. The maximum atomic E-state index is 12.8. The van der Waals surface area contributed by atoms with Crippen LogP contribution in [0.3, 0.4) is 0 Å². The van der Waals surface area contributed by atoms with Crippen LogP contribution in [-0.2, 0) is 11.3 Å². The number of benzene rings is 2. The van der Waals surface area contributed by atoms with Crippen molar-refractivity contribution >= 4 is 11.8 Å². The Kier molecular flexibility index (Phi) is 6.75. The van der Waals surface area contributed by atoms with Gasteiger partial charge in [-0.15, -0.1) is 0 Å². The number of piperidine rings is 1. The van der Waals surface area contributed by atoms with Crippen molar-refractivity contribution in [1.82, 2.24) is 10.2 Å². The zero-order valence-corrected chi connectivity index (χ0v) is 17.2. The summed E-state index contributed by atoms with van der Waals surface area (Å²) in [5.41, 5.74) is 2.68. The van der Waals surface area contributed by atoms with Gasteiger partial charge >= 0.3 is 0 Å². The predicted molar refractivity (Wildman–Crippen MR) is 111 cm³/mol. The van der Waals surface area contributed by atoms with Crippen LogP contribution in [0.4, 0.5) is 0 Å². The van der Waals surface area contributed by atoms with E-state index >= 15 is 0 Å². The van der Waals surface area contributed by atoms with Crippen molar-refractivity contribution in [2.45, 2.75) is 26.3 Å². The van der Waals surface area contributed by atoms with E-state index < -0.39 is 0 Å². The number of carbonyl (C=O) groups is 2. The van der Waals surface area contributed by atoms with Crippen LogP contribution in [0.2, 0.25) is 0 Å². The Hall–Kier alpha value is -3.02. The average molecular weight is 396 g/mol. The van der Waals surface area contributed by atoms with Crippen molar-refractivity contribution in [2.24, 2.45) is 5.92 Å². The van der Waals surface area contributed by atoms with Gasteiger partial charge in [-0.05, 0) is 49.6 Å². The van der Waals surface area contributed by atoms with Crippen LogP contribution in [0.15, 0.2) is 42.5 Å². The normalized spacial score (nSPS) is 16.2. The first-order chi connectivity index (χ1) is 14.0. The highest BCUT2D eigenvalue weighted by Crippen LogP contribution is 2.23. The minimum absolute atomic E-state index is 0.0139. The SMILES string of the molecule is COc1cc(CNC(=O)C2CCCN(C(=O)c3ccc(C)cc3)C2)cc(OC)c1. The molecule has 0 bridgehead atoms. The number of rotatable bonds is 6. The van der Waals surface area contributed by atoms with Gasteiger partial charge in [0, 0.05) is 31.3 Å². The van der Waals surface area contributed by atoms with Crippen molar-refractivity contribution < 1.29 is 19.1 Å². The number of likely N-dealkylation sites (tertiary alicyclic amines) is 1. The fourth-order valence-corrected chi connectivity index (χ4v) is 3.56. The summed E-state index contributed by atoms with van der Waals surface area (Å²) in [6.45, 7) is 3.51. The molecule has 0 spiro atoms. The van der Waals surface area contributed by atoms with Gasteiger partial charge in [-0.3, -0.25) is 9.59 Å². The molecule has 3 rings (SSSR count). The zero-order chi connectivity index (χ0) is 20.8. The van der Waals surface area contributed by atoms with Crippen LogP contribution < -0.4 is 14.8 Å². The highest BCUT2D eigenvalue weighted by molar-refractivity contribution is 5.94. The van der Waals surface area contributed by atoms with Crippen LogP contribution >= 0.6 is 0 Å². The quantitative estimate of drug-likeness (QED) is 0.814. The summed E-state index contributed by atoms with van der Waals surface area (Å²) in [6.07, 6.45) is 1.60. The third kappa shape index (κ3) is 5.28. The molecule has 1 atom stereocenters. The fourth-order valence-electron chi connectivity index (χ4n) is 3.56. The minimum Gasteiger partial charge on any atom is -0.497 e. The molecule has 1 N–H and O–H groups in total. The highest BCUT2D eigenvalue weighted by atomic mass is 16.5. The van der Waals surface area contributed by atoms with Gasteiger partial charge in [0.15, 0.2) is 0 Å². The summed E-state index contributed by atoms with van der Waals surface area (Å²) in [5, 5.41) is 2.99. The summed E-state index contributed by atoms with van der Waals surface area (Å²) in [6, 6.07) is 13.1. The van der Waals surface area contributed by atoms with Crippen LogP contribution in [-0.4, -0.2) is 44.0 Å². The van der Waals surface area contributed by atoms with E-state index in [1.165, 1.54) is 0 Å². The lowest BCUT2D eigenvalue weighted by molar-refractivity contribution is -0.126. The summed E-state index contributed by atoms with van der Waals surface area (Å²) in [7, 11) is 3.19. The maximum Gasteiger partial charge on any atom is 0.253 e. The van der Waals surface area contributed by atoms with Crippen molar-refractivity contribution in [3.63, 3.8) is 0 Å². The van der Waals surface area contributed by atoms with E-state index in [-0.39, 0.29) is 17.7 Å². The second-order valence-electron chi connectivity index (χ2n) is 7.40. The van der Waals surface area contributed by atoms with Gasteiger partial charge in [-0.2, -0.15) is 0 Å². The molecule has 2 aromatic carbocycles. The average Bonchev–Trinajstić information content (AvgIpc) is 2.77. The van der Waals surface area contributed by atoms with Crippen molar-refractivity contribution in [2.75, 3.05) is 27.3 Å². The summed E-state index contributed by atoms with van der Waals surface area (Å²) >= 11 is 0. The first-order valence-electron chi connectivity index (χ1n) is 9.85. The number of hydrogen-bond donors (Lipinski definition) is 1. The first kappa shape index (κ1) is 20.7. The third-order valence-corrected chi connectivity index (χ3v) is 5.26. The molecular weight excluding hydrogens is 368 g/mol. The van der Waals surface area contributed by atoms with Gasteiger partial charge in [0.05, 0.1) is 20.1 Å². The van der Waals surface area contributed by atoms with E-state index in [0.29, 0.717) is 36.7 Å².